The molecule has 160 valence electrons. The van der Waals surface area contributed by atoms with E-state index in [9.17, 15) is 9.59 Å². The van der Waals surface area contributed by atoms with Crippen LogP contribution in [0.3, 0.4) is 0 Å². The molecule has 0 radical (unpaired) electrons. The minimum absolute atomic E-state index is 0.0174. The van der Waals surface area contributed by atoms with Crippen LogP contribution in [0.15, 0.2) is 48.5 Å². The van der Waals surface area contributed by atoms with E-state index in [-0.39, 0.29) is 17.7 Å². The third-order valence-electron chi connectivity index (χ3n) is 5.31. The first-order valence-corrected chi connectivity index (χ1v) is 11.0. The Morgan fingerprint density at radius 2 is 1.90 bits per heavy atom. The second-order valence-electron chi connectivity index (χ2n) is 7.58. The first-order chi connectivity index (χ1) is 15.0. The summed E-state index contributed by atoms with van der Waals surface area (Å²) in [6.07, 6.45) is 1.38. The number of anilines is 2. The van der Waals surface area contributed by atoms with E-state index in [4.69, 9.17) is 4.74 Å². The lowest BCUT2D eigenvalue weighted by Gasteiger charge is -2.16. The number of carbonyl (C=O) groups is 2. The summed E-state index contributed by atoms with van der Waals surface area (Å²) >= 11 is 1.34. The molecule has 3 aromatic rings. The van der Waals surface area contributed by atoms with Gasteiger partial charge in [0.05, 0.1) is 7.11 Å². The molecule has 1 N–H and O–H groups in total. The van der Waals surface area contributed by atoms with Crippen LogP contribution in [-0.4, -0.2) is 35.7 Å². The van der Waals surface area contributed by atoms with Crippen molar-refractivity contribution in [3.05, 3.63) is 64.7 Å². The van der Waals surface area contributed by atoms with Gasteiger partial charge in [0.1, 0.15) is 10.8 Å². The zero-order valence-corrected chi connectivity index (χ0v) is 18.3. The molecule has 8 heteroatoms. The summed E-state index contributed by atoms with van der Waals surface area (Å²) in [6, 6.07) is 15.6. The highest BCUT2D eigenvalue weighted by molar-refractivity contribution is 7.15. The molecule has 2 aromatic carbocycles. The number of benzene rings is 2. The van der Waals surface area contributed by atoms with E-state index < -0.39 is 0 Å². The van der Waals surface area contributed by atoms with Crippen LogP contribution in [0.1, 0.15) is 34.9 Å². The molecule has 1 aliphatic heterocycles. The molecule has 2 amide bonds. The molecule has 4 rings (SSSR count). The van der Waals surface area contributed by atoms with Crippen molar-refractivity contribution in [1.29, 1.82) is 0 Å². The van der Waals surface area contributed by atoms with Crippen LogP contribution in [0.5, 0.6) is 5.75 Å². The third-order valence-corrected chi connectivity index (χ3v) is 6.31. The van der Waals surface area contributed by atoms with Gasteiger partial charge in [-0.3, -0.25) is 9.59 Å². The topological polar surface area (TPSA) is 84.4 Å². The van der Waals surface area contributed by atoms with Gasteiger partial charge in [-0.25, -0.2) is 0 Å². The van der Waals surface area contributed by atoms with Crippen molar-refractivity contribution in [2.45, 2.75) is 32.1 Å². The van der Waals surface area contributed by atoms with Gasteiger partial charge in [-0.05, 0) is 43.2 Å². The van der Waals surface area contributed by atoms with Crippen molar-refractivity contribution in [2.75, 3.05) is 23.9 Å². The summed E-state index contributed by atoms with van der Waals surface area (Å²) in [5.74, 6) is 0.744. The number of methoxy groups -OCH3 is 1. The van der Waals surface area contributed by atoms with Gasteiger partial charge in [-0.1, -0.05) is 41.2 Å². The number of ether oxygens (including phenoxy) is 1. The molecule has 0 bridgehead atoms. The first kappa shape index (κ1) is 21.0. The van der Waals surface area contributed by atoms with Crippen LogP contribution in [0, 0.1) is 6.92 Å². The van der Waals surface area contributed by atoms with E-state index in [0.29, 0.717) is 30.9 Å². The minimum Gasteiger partial charge on any atom is -0.497 e. The van der Waals surface area contributed by atoms with Crippen molar-refractivity contribution in [2.24, 2.45) is 0 Å². The largest absolute Gasteiger partial charge is 0.497 e. The zero-order valence-electron chi connectivity index (χ0n) is 17.5. The Morgan fingerprint density at radius 3 is 2.61 bits per heavy atom. The van der Waals surface area contributed by atoms with Gasteiger partial charge in [0, 0.05) is 31.0 Å². The van der Waals surface area contributed by atoms with Crippen LogP contribution in [-0.2, 0) is 16.0 Å². The maximum absolute atomic E-state index is 12.5. The molecule has 0 saturated carbocycles. The molecule has 1 fully saturated rings. The van der Waals surface area contributed by atoms with Crippen LogP contribution < -0.4 is 15.0 Å². The first-order valence-electron chi connectivity index (χ1n) is 10.1. The highest BCUT2D eigenvalue weighted by Crippen LogP contribution is 2.34. The van der Waals surface area contributed by atoms with Gasteiger partial charge in [0.15, 0.2) is 0 Å². The highest BCUT2D eigenvalue weighted by atomic mass is 32.1. The van der Waals surface area contributed by atoms with Crippen molar-refractivity contribution < 1.29 is 14.3 Å². The van der Waals surface area contributed by atoms with Gasteiger partial charge in [-0.15, -0.1) is 10.2 Å². The maximum Gasteiger partial charge on any atom is 0.227 e. The fraction of sp³-hybridized carbons (Fsp3) is 0.304. The van der Waals surface area contributed by atoms with Crippen molar-refractivity contribution in [3.8, 4) is 5.75 Å². The average molecular weight is 437 g/mol. The molecule has 0 spiro atoms. The third kappa shape index (κ3) is 5.08. The Kier molecular flexibility index (Phi) is 6.27. The van der Waals surface area contributed by atoms with Crippen LogP contribution in [0.4, 0.5) is 10.8 Å². The molecule has 1 saturated heterocycles. The molecule has 1 atom stereocenters. The molecule has 1 aliphatic rings. The van der Waals surface area contributed by atoms with E-state index in [2.05, 4.69) is 15.5 Å². The number of carbonyl (C=O) groups excluding carboxylic acids is 2. The molecule has 0 aliphatic carbocycles. The SMILES string of the molecule is COc1ccc(CCC(=O)Nc2nnc([C@@H]3CC(=O)N(c4ccc(C)cc4)C3)s2)cc1. The Balaban J connectivity index is 1.32. The normalized spacial score (nSPS) is 15.9. The number of nitrogens with zero attached hydrogens (tertiary/aromatic N) is 3. The number of aromatic nitrogens is 2. The smallest absolute Gasteiger partial charge is 0.227 e. The lowest BCUT2D eigenvalue weighted by Crippen LogP contribution is -2.24. The monoisotopic (exact) mass is 436 g/mol. The lowest BCUT2D eigenvalue weighted by atomic mass is 10.1. The fourth-order valence-electron chi connectivity index (χ4n) is 3.53. The van der Waals surface area contributed by atoms with Gasteiger partial charge in [0.2, 0.25) is 16.9 Å². The van der Waals surface area contributed by atoms with Gasteiger partial charge in [0.25, 0.3) is 0 Å². The molecule has 2 heterocycles. The zero-order chi connectivity index (χ0) is 21.8. The van der Waals surface area contributed by atoms with Crippen molar-refractivity contribution in [1.82, 2.24) is 10.2 Å². The molecule has 1 aromatic heterocycles. The van der Waals surface area contributed by atoms with Crippen LogP contribution >= 0.6 is 11.3 Å². The van der Waals surface area contributed by atoms with E-state index in [0.717, 1.165) is 27.6 Å². The quantitative estimate of drug-likeness (QED) is 0.606. The van der Waals surface area contributed by atoms with Crippen molar-refractivity contribution >= 4 is 34.0 Å². The average Bonchev–Trinajstić information content (AvgIpc) is 3.40. The standard InChI is InChI=1S/C23H24N4O3S/c1-15-3-8-18(9-4-15)27-14-17(13-21(27)29)22-25-26-23(31-22)24-20(28)12-7-16-5-10-19(30-2)11-6-16/h3-6,8-11,17H,7,12-14H2,1-2H3,(H,24,26,28)/t17-/m1/s1. The predicted octanol–water partition coefficient (Wildman–Crippen LogP) is 3.95. The Bertz CT molecular complexity index is 1060. The summed E-state index contributed by atoms with van der Waals surface area (Å²) < 4.78 is 5.14. The van der Waals surface area contributed by atoms with E-state index in [1.165, 1.54) is 11.3 Å². The van der Waals surface area contributed by atoms with Crippen LogP contribution in [0.25, 0.3) is 0 Å². The van der Waals surface area contributed by atoms with Gasteiger partial charge in [-0.2, -0.15) is 0 Å². The molecule has 0 unspecified atom stereocenters. The summed E-state index contributed by atoms with van der Waals surface area (Å²) in [5.41, 5.74) is 3.12. The van der Waals surface area contributed by atoms with Gasteiger partial charge < -0.3 is 15.0 Å². The Hall–Kier alpha value is -3.26. The highest BCUT2D eigenvalue weighted by Gasteiger charge is 2.33. The van der Waals surface area contributed by atoms with Gasteiger partial charge >= 0.3 is 0 Å². The minimum atomic E-state index is -0.109. The lowest BCUT2D eigenvalue weighted by molar-refractivity contribution is -0.117. The second kappa shape index (κ2) is 9.26. The summed E-state index contributed by atoms with van der Waals surface area (Å²) in [5, 5.41) is 12.4. The number of nitrogens with one attached hydrogen (secondary N) is 1. The fourth-order valence-corrected chi connectivity index (χ4v) is 4.38. The van der Waals surface area contributed by atoms with E-state index >= 15 is 0 Å². The number of amides is 2. The molecular formula is C23H24N4O3S. The maximum atomic E-state index is 12.5. The second-order valence-corrected chi connectivity index (χ2v) is 8.59. The summed E-state index contributed by atoms with van der Waals surface area (Å²) in [4.78, 5) is 26.6. The number of hydrogen-bond acceptors (Lipinski definition) is 6. The predicted molar refractivity (Wildman–Crippen MR) is 121 cm³/mol. The molecule has 31 heavy (non-hydrogen) atoms. The van der Waals surface area contributed by atoms with E-state index in [1.807, 2.05) is 55.5 Å². The van der Waals surface area contributed by atoms with Crippen LogP contribution in [0.2, 0.25) is 0 Å². The summed E-state index contributed by atoms with van der Waals surface area (Å²) in [6.45, 7) is 2.59. The van der Waals surface area contributed by atoms with E-state index in [1.54, 1.807) is 12.0 Å². The Labute approximate surface area is 185 Å². The Morgan fingerprint density at radius 1 is 1.16 bits per heavy atom. The van der Waals surface area contributed by atoms with Crippen molar-refractivity contribution in [3.63, 3.8) is 0 Å². The number of hydrogen-bond donors (Lipinski definition) is 1. The number of rotatable bonds is 7. The summed E-state index contributed by atoms with van der Waals surface area (Å²) in [7, 11) is 1.63. The molecular weight excluding hydrogens is 412 g/mol. The molecule has 7 nitrogen and oxygen atoms in total. The number of aryl methyl sites for hydroxylation is 2.